The highest BCUT2D eigenvalue weighted by Crippen LogP contribution is 2.28. The third-order valence-corrected chi connectivity index (χ3v) is 3.93. The minimum absolute atomic E-state index is 0.105. The van der Waals surface area contributed by atoms with Crippen molar-refractivity contribution in [3.8, 4) is 0 Å². The van der Waals surface area contributed by atoms with E-state index in [1.165, 1.54) is 30.3 Å². The van der Waals surface area contributed by atoms with Gasteiger partial charge in [-0.25, -0.2) is 4.39 Å². The zero-order valence-electron chi connectivity index (χ0n) is 10.3. The lowest BCUT2D eigenvalue weighted by molar-refractivity contribution is -0.384. The molecule has 21 heavy (non-hydrogen) atoms. The zero-order valence-corrected chi connectivity index (χ0v) is 13.4. The van der Waals surface area contributed by atoms with E-state index in [0.717, 1.165) is 6.07 Å². The average molecular weight is 418 g/mol. The fourth-order valence-electron chi connectivity index (χ4n) is 1.58. The van der Waals surface area contributed by atoms with Crippen molar-refractivity contribution in [2.75, 3.05) is 5.32 Å². The molecule has 0 unspecified atom stereocenters. The second-order valence-electron chi connectivity index (χ2n) is 4.00. The van der Waals surface area contributed by atoms with Crippen LogP contribution in [0, 0.1) is 15.9 Å². The molecule has 2 rings (SSSR count). The third kappa shape index (κ3) is 3.64. The molecular weight excluding hydrogens is 411 g/mol. The smallest absolute Gasteiger partial charge is 0.270 e. The maximum Gasteiger partial charge on any atom is 0.270 e. The highest BCUT2D eigenvalue weighted by molar-refractivity contribution is 9.11. The number of carbonyl (C=O) groups excluding carboxylic acids is 1. The Morgan fingerprint density at radius 3 is 2.48 bits per heavy atom. The molecule has 0 bridgehead atoms. The first kappa shape index (κ1) is 15.6. The summed E-state index contributed by atoms with van der Waals surface area (Å²) in [6.07, 6.45) is 0. The Morgan fingerprint density at radius 2 is 1.86 bits per heavy atom. The molecule has 0 radical (unpaired) electrons. The summed E-state index contributed by atoms with van der Waals surface area (Å²) in [4.78, 5) is 22.2. The molecule has 0 fully saturated rings. The SMILES string of the molecule is O=C(Nc1ccc([N+](=O)[O-])cc1Br)c1cc(F)ccc1Br. The molecule has 0 saturated heterocycles. The van der Waals surface area contributed by atoms with Crippen molar-refractivity contribution in [3.63, 3.8) is 0 Å². The highest BCUT2D eigenvalue weighted by atomic mass is 79.9. The quantitative estimate of drug-likeness (QED) is 0.589. The van der Waals surface area contributed by atoms with E-state index in [0.29, 0.717) is 14.6 Å². The van der Waals surface area contributed by atoms with Gasteiger partial charge in [0.1, 0.15) is 5.82 Å². The van der Waals surface area contributed by atoms with Gasteiger partial charge in [0.25, 0.3) is 11.6 Å². The molecule has 2 aromatic carbocycles. The van der Waals surface area contributed by atoms with Crippen molar-refractivity contribution in [3.05, 3.63) is 66.8 Å². The van der Waals surface area contributed by atoms with Crippen LogP contribution < -0.4 is 5.32 Å². The molecule has 108 valence electrons. The van der Waals surface area contributed by atoms with Crippen molar-refractivity contribution in [2.24, 2.45) is 0 Å². The molecule has 5 nitrogen and oxygen atoms in total. The number of nitro benzene ring substituents is 1. The van der Waals surface area contributed by atoms with Crippen LogP contribution in [0.2, 0.25) is 0 Å². The van der Waals surface area contributed by atoms with Crippen LogP contribution in [-0.2, 0) is 0 Å². The maximum absolute atomic E-state index is 13.2. The molecule has 0 aliphatic rings. The molecular formula is C13H7Br2FN2O3. The summed E-state index contributed by atoms with van der Waals surface area (Å²) in [7, 11) is 0. The highest BCUT2D eigenvalue weighted by Gasteiger charge is 2.15. The van der Waals surface area contributed by atoms with Crippen LogP contribution in [0.5, 0.6) is 0 Å². The van der Waals surface area contributed by atoms with Crippen LogP contribution in [-0.4, -0.2) is 10.8 Å². The van der Waals surface area contributed by atoms with Gasteiger partial charge >= 0.3 is 0 Å². The Morgan fingerprint density at radius 1 is 1.14 bits per heavy atom. The van der Waals surface area contributed by atoms with E-state index in [4.69, 9.17) is 0 Å². The summed E-state index contributed by atoms with van der Waals surface area (Å²) in [5, 5.41) is 13.2. The summed E-state index contributed by atoms with van der Waals surface area (Å²) in [5.74, 6) is -1.07. The van der Waals surface area contributed by atoms with Crippen molar-refractivity contribution >= 4 is 49.1 Å². The van der Waals surface area contributed by atoms with Gasteiger partial charge in [-0.15, -0.1) is 0 Å². The first-order valence-corrected chi connectivity index (χ1v) is 7.17. The predicted octanol–water partition coefficient (Wildman–Crippen LogP) is 4.51. The number of carbonyl (C=O) groups is 1. The number of hydrogen-bond donors (Lipinski definition) is 1. The molecule has 0 saturated carbocycles. The monoisotopic (exact) mass is 416 g/mol. The summed E-state index contributed by atoms with van der Waals surface area (Å²) in [6.45, 7) is 0. The molecule has 1 N–H and O–H groups in total. The van der Waals surface area contributed by atoms with E-state index >= 15 is 0 Å². The lowest BCUT2D eigenvalue weighted by Crippen LogP contribution is -2.13. The second-order valence-corrected chi connectivity index (χ2v) is 5.71. The minimum atomic E-state index is -0.542. The average Bonchev–Trinajstić information content (AvgIpc) is 2.43. The van der Waals surface area contributed by atoms with Gasteiger partial charge < -0.3 is 5.32 Å². The molecule has 0 spiro atoms. The number of nitrogens with zero attached hydrogens (tertiary/aromatic N) is 1. The molecule has 0 aliphatic carbocycles. The first-order valence-electron chi connectivity index (χ1n) is 5.59. The van der Waals surface area contributed by atoms with E-state index in [9.17, 15) is 19.3 Å². The van der Waals surface area contributed by atoms with Gasteiger partial charge in [-0.3, -0.25) is 14.9 Å². The maximum atomic E-state index is 13.2. The number of hydrogen-bond acceptors (Lipinski definition) is 3. The van der Waals surface area contributed by atoms with Crippen molar-refractivity contribution in [2.45, 2.75) is 0 Å². The Kier molecular flexibility index (Phi) is 4.69. The second kappa shape index (κ2) is 6.31. The van der Waals surface area contributed by atoms with E-state index in [-0.39, 0.29) is 11.3 Å². The molecule has 0 aliphatic heterocycles. The van der Waals surface area contributed by atoms with Crippen molar-refractivity contribution < 1.29 is 14.1 Å². The van der Waals surface area contributed by atoms with Crippen LogP contribution >= 0.6 is 31.9 Å². The van der Waals surface area contributed by atoms with Gasteiger partial charge in [0.15, 0.2) is 0 Å². The lowest BCUT2D eigenvalue weighted by Gasteiger charge is -2.08. The largest absolute Gasteiger partial charge is 0.321 e. The normalized spacial score (nSPS) is 10.2. The van der Waals surface area contributed by atoms with E-state index in [1.807, 2.05) is 0 Å². The molecule has 0 heterocycles. The molecule has 0 aromatic heterocycles. The third-order valence-electron chi connectivity index (χ3n) is 2.58. The van der Waals surface area contributed by atoms with E-state index < -0.39 is 16.6 Å². The number of nitro groups is 1. The van der Waals surface area contributed by atoms with E-state index in [1.54, 1.807) is 0 Å². The minimum Gasteiger partial charge on any atom is -0.321 e. The Labute approximate surface area is 135 Å². The molecule has 8 heteroatoms. The molecule has 2 aromatic rings. The number of amides is 1. The number of anilines is 1. The van der Waals surface area contributed by atoms with Gasteiger partial charge in [-0.05, 0) is 56.1 Å². The van der Waals surface area contributed by atoms with Crippen LogP contribution in [0.1, 0.15) is 10.4 Å². The number of halogens is 3. The summed E-state index contributed by atoms with van der Waals surface area (Å²) >= 11 is 6.31. The van der Waals surface area contributed by atoms with E-state index in [2.05, 4.69) is 37.2 Å². The zero-order chi connectivity index (χ0) is 15.6. The van der Waals surface area contributed by atoms with Crippen molar-refractivity contribution in [1.82, 2.24) is 0 Å². The topological polar surface area (TPSA) is 72.2 Å². The lowest BCUT2D eigenvalue weighted by atomic mass is 10.2. The number of rotatable bonds is 3. The van der Waals surface area contributed by atoms with Gasteiger partial charge in [-0.2, -0.15) is 0 Å². The Balaban J connectivity index is 2.27. The molecule has 0 atom stereocenters. The summed E-state index contributed by atoms with van der Waals surface area (Å²) in [5.41, 5.74) is 0.369. The first-order chi connectivity index (χ1) is 9.88. The summed E-state index contributed by atoms with van der Waals surface area (Å²) < 4.78 is 14.0. The standard InChI is InChI=1S/C13H7Br2FN2O3/c14-10-3-1-7(16)5-9(10)13(19)17-12-4-2-8(18(20)21)6-11(12)15/h1-6H,(H,17,19). The van der Waals surface area contributed by atoms with Gasteiger partial charge in [0, 0.05) is 21.1 Å². The summed E-state index contributed by atoms with van der Waals surface area (Å²) in [6, 6.07) is 7.68. The fraction of sp³-hybridized carbons (Fsp3) is 0. The fourth-order valence-corrected chi connectivity index (χ4v) is 2.47. The predicted molar refractivity (Wildman–Crippen MR) is 82.8 cm³/mol. The van der Waals surface area contributed by atoms with Crippen LogP contribution in [0.3, 0.4) is 0 Å². The van der Waals surface area contributed by atoms with Crippen LogP contribution in [0.25, 0.3) is 0 Å². The number of non-ortho nitro benzene ring substituents is 1. The van der Waals surface area contributed by atoms with Crippen LogP contribution in [0.15, 0.2) is 45.3 Å². The molecule has 1 amide bonds. The van der Waals surface area contributed by atoms with Gasteiger partial charge in [-0.1, -0.05) is 0 Å². The van der Waals surface area contributed by atoms with Gasteiger partial charge in [0.2, 0.25) is 0 Å². The Bertz CT molecular complexity index is 737. The Hall–Kier alpha value is -1.80. The van der Waals surface area contributed by atoms with Crippen LogP contribution in [0.4, 0.5) is 15.8 Å². The van der Waals surface area contributed by atoms with Gasteiger partial charge in [0.05, 0.1) is 16.2 Å². The number of benzene rings is 2. The van der Waals surface area contributed by atoms with Crippen molar-refractivity contribution in [1.29, 1.82) is 0 Å². The number of nitrogens with one attached hydrogen (secondary N) is 1.